The van der Waals surface area contributed by atoms with Crippen LogP contribution < -0.4 is 10.2 Å². The SMILES string of the molecule is Bc1ccc2c(c1)C=CCO2. The quantitative estimate of drug-likeness (QED) is 0.477. The molecule has 11 heavy (non-hydrogen) atoms. The molecule has 2 rings (SSSR count). The third-order valence-electron chi connectivity index (χ3n) is 1.80. The number of rotatable bonds is 0. The van der Waals surface area contributed by atoms with Gasteiger partial charge >= 0.3 is 0 Å². The van der Waals surface area contributed by atoms with Crippen LogP contribution in [0.2, 0.25) is 0 Å². The summed E-state index contributed by atoms with van der Waals surface area (Å²) in [6.45, 7) is 0.704. The summed E-state index contributed by atoms with van der Waals surface area (Å²) < 4.78 is 5.39. The molecule has 0 saturated heterocycles. The Morgan fingerprint density at radius 3 is 3.18 bits per heavy atom. The topological polar surface area (TPSA) is 9.23 Å². The van der Waals surface area contributed by atoms with E-state index in [4.69, 9.17) is 4.74 Å². The van der Waals surface area contributed by atoms with E-state index < -0.39 is 0 Å². The second-order valence-electron chi connectivity index (χ2n) is 2.75. The van der Waals surface area contributed by atoms with Gasteiger partial charge in [-0.2, -0.15) is 0 Å². The minimum atomic E-state index is 0.704. The number of benzene rings is 1. The molecule has 0 bridgehead atoms. The van der Waals surface area contributed by atoms with Crippen molar-refractivity contribution < 1.29 is 4.74 Å². The molecule has 54 valence electrons. The Balaban J connectivity index is 2.54. The van der Waals surface area contributed by atoms with E-state index in [2.05, 4.69) is 26.1 Å². The van der Waals surface area contributed by atoms with Gasteiger partial charge in [-0.1, -0.05) is 23.7 Å². The summed E-state index contributed by atoms with van der Waals surface area (Å²) in [4.78, 5) is 0. The molecular weight excluding hydrogens is 135 g/mol. The first-order chi connectivity index (χ1) is 5.36. The second-order valence-corrected chi connectivity index (χ2v) is 2.75. The van der Waals surface area contributed by atoms with Gasteiger partial charge in [-0.3, -0.25) is 0 Å². The van der Waals surface area contributed by atoms with Crippen LogP contribution in [0.3, 0.4) is 0 Å². The van der Waals surface area contributed by atoms with E-state index in [9.17, 15) is 0 Å². The van der Waals surface area contributed by atoms with Gasteiger partial charge in [-0.15, -0.1) is 0 Å². The molecule has 0 N–H and O–H groups in total. The summed E-state index contributed by atoms with van der Waals surface area (Å²) in [5.74, 6) is 0.998. The molecule has 2 heteroatoms. The fraction of sp³-hybridized carbons (Fsp3) is 0.111. The molecular formula is C9H9BO. The summed E-state index contributed by atoms with van der Waals surface area (Å²) in [5, 5.41) is 0. The average molecular weight is 144 g/mol. The van der Waals surface area contributed by atoms with Crippen LogP contribution in [0.25, 0.3) is 6.08 Å². The van der Waals surface area contributed by atoms with Gasteiger partial charge in [0.05, 0.1) is 0 Å². The van der Waals surface area contributed by atoms with Crippen molar-refractivity contribution in [3.8, 4) is 5.75 Å². The maximum absolute atomic E-state index is 5.39. The Labute approximate surface area is 67.1 Å². The van der Waals surface area contributed by atoms with Crippen LogP contribution in [-0.2, 0) is 0 Å². The van der Waals surface area contributed by atoms with E-state index in [0.717, 1.165) is 5.75 Å². The number of ether oxygens (including phenoxy) is 1. The third kappa shape index (κ3) is 1.16. The van der Waals surface area contributed by atoms with Gasteiger partial charge in [0.1, 0.15) is 20.2 Å². The standard InChI is InChI=1S/C9H9BO/c10-8-3-4-9-7(6-8)2-1-5-11-9/h1-4,6H,5,10H2. The zero-order chi connectivity index (χ0) is 7.68. The van der Waals surface area contributed by atoms with Gasteiger partial charge in [-0.05, 0) is 12.1 Å². The van der Waals surface area contributed by atoms with E-state index >= 15 is 0 Å². The highest BCUT2D eigenvalue weighted by Crippen LogP contribution is 2.21. The molecule has 1 heterocycles. The fourth-order valence-electron chi connectivity index (χ4n) is 1.24. The average Bonchev–Trinajstić information content (AvgIpc) is 2.04. The normalized spacial score (nSPS) is 13.8. The molecule has 0 atom stereocenters. The lowest BCUT2D eigenvalue weighted by molar-refractivity contribution is 0.358. The first-order valence-electron chi connectivity index (χ1n) is 3.76. The molecule has 0 aliphatic carbocycles. The lowest BCUT2D eigenvalue weighted by Gasteiger charge is -2.11. The molecule has 0 aromatic heterocycles. The van der Waals surface area contributed by atoms with Crippen molar-refractivity contribution in [3.05, 3.63) is 29.8 Å². The van der Waals surface area contributed by atoms with Crippen LogP contribution in [0, 0.1) is 0 Å². The lowest BCUT2D eigenvalue weighted by Crippen LogP contribution is -2.06. The predicted octanol–water partition coefficient (Wildman–Crippen LogP) is 0.351. The Bertz CT molecular complexity index is 304. The molecule has 1 aliphatic rings. The third-order valence-corrected chi connectivity index (χ3v) is 1.80. The van der Waals surface area contributed by atoms with Crippen LogP contribution in [0.5, 0.6) is 5.75 Å². The van der Waals surface area contributed by atoms with E-state index in [1.807, 2.05) is 12.1 Å². The Morgan fingerprint density at radius 2 is 2.27 bits per heavy atom. The monoisotopic (exact) mass is 144 g/mol. The largest absolute Gasteiger partial charge is 0.489 e. The van der Waals surface area contributed by atoms with Crippen molar-refractivity contribution in [2.75, 3.05) is 6.61 Å². The first-order valence-corrected chi connectivity index (χ1v) is 3.76. The summed E-state index contributed by atoms with van der Waals surface area (Å²) in [7, 11) is 2.09. The van der Waals surface area contributed by atoms with Gasteiger partial charge in [0.2, 0.25) is 0 Å². The van der Waals surface area contributed by atoms with Gasteiger partial charge in [0, 0.05) is 5.56 Å². The second kappa shape index (κ2) is 2.46. The van der Waals surface area contributed by atoms with Crippen LogP contribution >= 0.6 is 0 Å². The number of hydrogen-bond donors (Lipinski definition) is 0. The van der Waals surface area contributed by atoms with Crippen molar-refractivity contribution in [2.24, 2.45) is 0 Å². The molecule has 1 aliphatic heterocycles. The summed E-state index contributed by atoms with van der Waals surface area (Å²) in [5.41, 5.74) is 2.47. The Morgan fingerprint density at radius 1 is 1.36 bits per heavy atom. The Hall–Kier alpha value is -1.18. The summed E-state index contributed by atoms with van der Waals surface area (Å²) in [6.07, 6.45) is 4.13. The maximum Gasteiger partial charge on any atom is 0.139 e. The highest BCUT2D eigenvalue weighted by atomic mass is 16.5. The van der Waals surface area contributed by atoms with E-state index in [1.54, 1.807) is 0 Å². The molecule has 0 radical (unpaired) electrons. The van der Waals surface area contributed by atoms with Crippen molar-refractivity contribution in [1.29, 1.82) is 0 Å². The van der Waals surface area contributed by atoms with Crippen LogP contribution in [0.4, 0.5) is 0 Å². The van der Waals surface area contributed by atoms with E-state index in [1.165, 1.54) is 11.0 Å². The molecule has 0 amide bonds. The fourth-order valence-corrected chi connectivity index (χ4v) is 1.24. The minimum absolute atomic E-state index is 0.704. The van der Waals surface area contributed by atoms with Gasteiger partial charge in [0.15, 0.2) is 0 Å². The van der Waals surface area contributed by atoms with Crippen LogP contribution in [0.1, 0.15) is 5.56 Å². The smallest absolute Gasteiger partial charge is 0.139 e. The maximum atomic E-state index is 5.39. The molecule has 0 fully saturated rings. The summed E-state index contributed by atoms with van der Waals surface area (Å²) >= 11 is 0. The molecule has 1 aromatic rings. The zero-order valence-corrected chi connectivity index (χ0v) is 6.50. The highest BCUT2D eigenvalue weighted by Gasteiger charge is 2.03. The van der Waals surface area contributed by atoms with Crippen LogP contribution in [-0.4, -0.2) is 14.5 Å². The molecule has 1 aromatic carbocycles. The highest BCUT2D eigenvalue weighted by molar-refractivity contribution is 6.32. The molecule has 0 unspecified atom stereocenters. The van der Waals surface area contributed by atoms with Gasteiger partial charge in [0.25, 0.3) is 0 Å². The Kier molecular flexibility index (Phi) is 1.46. The van der Waals surface area contributed by atoms with Crippen LogP contribution in [0.15, 0.2) is 24.3 Å². The number of hydrogen-bond acceptors (Lipinski definition) is 1. The van der Waals surface area contributed by atoms with Gasteiger partial charge in [-0.25, -0.2) is 0 Å². The lowest BCUT2D eigenvalue weighted by atomic mass is 9.93. The van der Waals surface area contributed by atoms with E-state index in [0.29, 0.717) is 6.61 Å². The van der Waals surface area contributed by atoms with E-state index in [-0.39, 0.29) is 0 Å². The van der Waals surface area contributed by atoms with Crippen molar-refractivity contribution in [3.63, 3.8) is 0 Å². The van der Waals surface area contributed by atoms with Crippen molar-refractivity contribution in [1.82, 2.24) is 0 Å². The van der Waals surface area contributed by atoms with Crippen molar-refractivity contribution in [2.45, 2.75) is 0 Å². The predicted molar refractivity (Wildman–Crippen MR) is 49.1 cm³/mol. The number of fused-ring (bicyclic) bond motifs is 1. The summed E-state index contributed by atoms with van der Waals surface area (Å²) in [6, 6.07) is 6.22. The first kappa shape index (κ1) is 6.53. The minimum Gasteiger partial charge on any atom is -0.489 e. The van der Waals surface area contributed by atoms with Gasteiger partial charge < -0.3 is 4.74 Å². The molecule has 1 nitrogen and oxygen atoms in total. The molecule has 0 spiro atoms. The molecule has 0 saturated carbocycles. The zero-order valence-electron chi connectivity index (χ0n) is 6.50. The van der Waals surface area contributed by atoms with Crippen molar-refractivity contribution >= 4 is 19.4 Å².